The molecule has 0 radical (unpaired) electrons. The zero-order chi connectivity index (χ0) is 18.4. The molecular formula is C19H35N5O2. The summed E-state index contributed by atoms with van der Waals surface area (Å²) in [4.78, 5) is 0. The summed E-state index contributed by atoms with van der Waals surface area (Å²) in [5, 5.41) is 16.2. The highest BCUT2D eigenvalue weighted by atomic mass is 16.5. The van der Waals surface area contributed by atoms with Gasteiger partial charge in [-0.3, -0.25) is 0 Å². The van der Waals surface area contributed by atoms with E-state index in [1.807, 2.05) is 4.68 Å². The molecule has 0 bridgehead atoms. The SMILES string of the molecule is CC(C)(C)n1nnnc1C(CCC1CCC1)NCCOC1CCOCC1. The molecule has 2 heterocycles. The summed E-state index contributed by atoms with van der Waals surface area (Å²) < 4.78 is 13.4. The first-order valence-electron chi connectivity index (χ1n) is 10.3. The van der Waals surface area contributed by atoms with Crippen molar-refractivity contribution >= 4 is 0 Å². The highest BCUT2D eigenvalue weighted by Gasteiger charge is 2.27. The third kappa shape index (κ3) is 5.47. The minimum absolute atomic E-state index is 0.117. The van der Waals surface area contributed by atoms with Gasteiger partial charge in [-0.1, -0.05) is 19.3 Å². The molecule has 1 N–H and O–H groups in total. The van der Waals surface area contributed by atoms with Gasteiger partial charge in [-0.05, 0) is 62.8 Å². The van der Waals surface area contributed by atoms with Crippen LogP contribution in [0, 0.1) is 5.92 Å². The van der Waals surface area contributed by atoms with E-state index in [1.54, 1.807) is 0 Å². The van der Waals surface area contributed by atoms with Crippen molar-refractivity contribution in [1.82, 2.24) is 25.5 Å². The van der Waals surface area contributed by atoms with E-state index in [0.29, 0.717) is 6.10 Å². The van der Waals surface area contributed by atoms with Crippen molar-refractivity contribution in [2.24, 2.45) is 5.92 Å². The van der Waals surface area contributed by atoms with Gasteiger partial charge in [0.25, 0.3) is 0 Å². The van der Waals surface area contributed by atoms with Gasteiger partial charge < -0.3 is 14.8 Å². The van der Waals surface area contributed by atoms with Gasteiger partial charge in [0, 0.05) is 19.8 Å². The Balaban J connectivity index is 1.53. The van der Waals surface area contributed by atoms with Gasteiger partial charge in [-0.15, -0.1) is 5.10 Å². The van der Waals surface area contributed by atoms with E-state index in [9.17, 15) is 0 Å². The smallest absolute Gasteiger partial charge is 0.168 e. The molecule has 7 heteroatoms. The van der Waals surface area contributed by atoms with Crippen LogP contribution in [0.5, 0.6) is 0 Å². The van der Waals surface area contributed by atoms with Crippen LogP contribution in [0.4, 0.5) is 0 Å². The second kappa shape index (κ2) is 9.24. The van der Waals surface area contributed by atoms with Crippen molar-refractivity contribution in [2.45, 2.75) is 83.4 Å². The van der Waals surface area contributed by atoms with Crippen LogP contribution in [0.2, 0.25) is 0 Å². The summed E-state index contributed by atoms with van der Waals surface area (Å²) >= 11 is 0. The molecule has 1 unspecified atom stereocenters. The van der Waals surface area contributed by atoms with Crippen LogP contribution in [0.25, 0.3) is 0 Å². The number of tetrazole rings is 1. The second-order valence-electron chi connectivity index (χ2n) is 8.68. The molecule has 1 aromatic rings. The van der Waals surface area contributed by atoms with Gasteiger partial charge in [0.1, 0.15) is 0 Å². The number of nitrogens with zero attached hydrogens (tertiary/aromatic N) is 4. The number of aromatic nitrogens is 4. The Labute approximate surface area is 157 Å². The van der Waals surface area contributed by atoms with Crippen molar-refractivity contribution in [3.8, 4) is 0 Å². The summed E-state index contributed by atoms with van der Waals surface area (Å²) in [6.45, 7) is 9.62. The van der Waals surface area contributed by atoms with E-state index in [2.05, 4.69) is 41.6 Å². The Kier molecular flexibility index (Phi) is 7.00. The fraction of sp³-hybridized carbons (Fsp3) is 0.947. The minimum Gasteiger partial charge on any atom is -0.381 e. The summed E-state index contributed by atoms with van der Waals surface area (Å²) in [5.41, 5.74) is -0.117. The average Bonchev–Trinajstić information content (AvgIpc) is 3.06. The summed E-state index contributed by atoms with van der Waals surface area (Å²) in [6.07, 6.45) is 8.84. The molecule has 148 valence electrons. The molecule has 7 nitrogen and oxygen atoms in total. The third-order valence-corrected chi connectivity index (χ3v) is 5.54. The largest absolute Gasteiger partial charge is 0.381 e. The van der Waals surface area contributed by atoms with E-state index in [1.165, 1.54) is 25.7 Å². The monoisotopic (exact) mass is 365 g/mol. The molecule has 26 heavy (non-hydrogen) atoms. The summed E-state index contributed by atoms with van der Waals surface area (Å²) in [7, 11) is 0. The Morgan fingerprint density at radius 1 is 1.23 bits per heavy atom. The quantitative estimate of drug-likeness (QED) is 0.678. The highest BCUT2D eigenvalue weighted by molar-refractivity contribution is 4.96. The van der Waals surface area contributed by atoms with E-state index in [4.69, 9.17) is 9.47 Å². The van der Waals surface area contributed by atoms with Gasteiger partial charge >= 0.3 is 0 Å². The van der Waals surface area contributed by atoms with Crippen molar-refractivity contribution in [3.63, 3.8) is 0 Å². The second-order valence-corrected chi connectivity index (χ2v) is 8.68. The molecule has 1 saturated carbocycles. The lowest BCUT2D eigenvalue weighted by atomic mass is 9.81. The molecule has 1 atom stereocenters. The zero-order valence-electron chi connectivity index (χ0n) is 16.6. The van der Waals surface area contributed by atoms with E-state index < -0.39 is 0 Å². The number of rotatable bonds is 9. The van der Waals surface area contributed by atoms with Crippen LogP contribution in [-0.4, -0.2) is 52.7 Å². The van der Waals surface area contributed by atoms with Gasteiger partial charge in [0.05, 0.1) is 24.3 Å². The molecule has 2 aliphatic rings. The Morgan fingerprint density at radius 3 is 2.65 bits per heavy atom. The number of nitrogens with one attached hydrogen (secondary N) is 1. The van der Waals surface area contributed by atoms with Crippen LogP contribution in [0.1, 0.15) is 77.6 Å². The first-order valence-corrected chi connectivity index (χ1v) is 10.3. The topological polar surface area (TPSA) is 74.1 Å². The molecule has 0 aromatic carbocycles. The summed E-state index contributed by atoms with van der Waals surface area (Å²) in [6, 6.07) is 0.183. The van der Waals surface area contributed by atoms with Crippen LogP contribution >= 0.6 is 0 Å². The molecule has 2 fully saturated rings. The minimum atomic E-state index is -0.117. The first kappa shape index (κ1) is 19.7. The highest BCUT2D eigenvalue weighted by Crippen LogP contribution is 2.33. The van der Waals surface area contributed by atoms with Gasteiger partial charge in [0.15, 0.2) is 5.82 Å². The van der Waals surface area contributed by atoms with Gasteiger partial charge in [-0.25, -0.2) is 4.68 Å². The number of ether oxygens (including phenoxy) is 2. The third-order valence-electron chi connectivity index (χ3n) is 5.54. The van der Waals surface area contributed by atoms with Gasteiger partial charge in [-0.2, -0.15) is 0 Å². The lowest BCUT2D eigenvalue weighted by Gasteiger charge is -2.29. The first-order chi connectivity index (χ1) is 12.5. The average molecular weight is 366 g/mol. The van der Waals surface area contributed by atoms with E-state index in [0.717, 1.165) is 57.4 Å². The Morgan fingerprint density at radius 2 is 2.00 bits per heavy atom. The van der Waals surface area contributed by atoms with Gasteiger partial charge in [0.2, 0.25) is 0 Å². The summed E-state index contributed by atoms with van der Waals surface area (Å²) in [5.74, 6) is 1.83. The lowest BCUT2D eigenvalue weighted by Crippen LogP contribution is -2.34. The molecule has 3 rings (SSSR count). The predicted molar refractivity (Wildman–Crippen MR) is 99.9 cm³/mol. The Bertz CT molecular complexity index is 532. The lowest BCUT2D eigenvalue weighted by molar-refractivity contribution is -0.0310. The standard InChI is InChI=1S/C19H35N5O2/c1-19(2,3)24-18(21-22-23-24)17(8-7-15-5-4-6-15)20-11-14-26-16-9-12-25-13-10-16/h15-17,20H,4-14H2,1-3H3. The molecule has 1 aliphatic carbocycles. The van der Waals surface area contributed by atoms with Crippen molar-refractivity contribution in [3.05, 3.63) is 5.82 Å². The maximum Gasteiger partial charge on any atom is 0.168 e. The molecule has 0 amide bonds. The molecule has 0 spiro atoms. The van der Waals surface area contributed by atoms with Crippen LogP contribution < -0.4 is 5.32 Å². The van der Waals surface area contributed by atoms with Crippen LogP contribution in [-0.2, 0) is 15.0 Å². The van der Waals surface area contributed by atoms with Crippen molar-refractivity contribution in [2.75, 3.05) is 26.4 Å². The Hall–Kier alpha value is -1.05. The maximum absolute atomic E-state index is 6.01. The van der Waals surface area contributed by atoms with Crippen molar-refractivity contribution in [1.29, 1.82) is 0 Å². The molecule has 1 aromatic heterocycles. The normalized spacial score (nSPS) is 20.9. The van der Waals surface area contributed by atoms with Crippen LogP contribution in [0.3, 0.4) is 0 Å². The maximum atomic E-state index is 6.01. The van der Waals surface area contributed by atoms with Crippen molar-refractivity contribution < 1.29 is 9.47 Å². The fourth-order valence-corrected chi connectivity index (χ4v) is 3.70. The number of hydrogen-bond acceptors (Lipinski definition) is 6. The molecule has 1 aliphatic heterocycles. The van der Waals surface area contributed by atoms with E-state index >= 15 is 0 Å². The zero-order valence-corrected chi connectivity index (χ0v) is 16.6. The molecule has 1 saturated heterocycles. The fourth-order valence-electron chi connectivity index (χ4n) is 3.70. The predicted octanol–water partition coefficient (Wildman–Crippen LogP) is 2.83. The van der Waals surface area contributed by atoms with E-state index in [-0.39, 0.29) is 11.6 Å². The van der Waals surface area contributed by atoms with Crippen LogP contribution in [0.15, 0.2) is 0 Å². The molecular weight excluding hydrogens is 330 g/mol. The number of hydrogen-bond donors (Lipinski definition) is 1.